The number of aryl methyl sites for hydroxylation is 1. The molecule has 3 N–H and O–H groups in total. The number of carboxylic acids is 1. The number of likely N-dealkylation sites (tertiary alicyclic amines) is 1. The minimum absolute atomic E-state index is 0.324. The van der Waals surface area contributed by atoms with Crippen molar-refractivity contribution in [2.45, 2.75) is 18.5 Å². The first-order valence-electron chi connectivity index (χ1n) is 6.75. The van der Waals surface area contributed by atoms with Gasteiger partial charge in [-0.3, -0.25) is 14.4 Å². The van der Waals surface area contributed by atoms with Crippen LogP contribution in [0.3, 0.4) is 0 Å². The van der Waals surface area contributed by atoms with Gasteiger partial charge in [-0.2, -0.15) is 5.10 Å². The molecule has 1 aliphatic heterocycles. The molecule has 0 spiro atoms. The summed E-state index contributed by atoms with van der Waals surface area (Å²) in [7, 11) is 1.87. The van der Waals surface area contributed by atoms with Crippen LogP contribution in [-0.4, -0.2) is 44.4 Å². The summed E-state index contributed by atoms with van der Waals surface area (Å²) in [5.74, 6) is -0.950. The summed E-state index contributed by atoms with van der Waals surface area (Å²) < 4.78 is 1.79. The zero-order chi connectivity index (χ0) is 15.2. The van der Waals surface area contributed by atoms with Crippen molar-refractivity contribution in [1.29, 1.82) is 0 Å². The molecule has 1 aliphatic rings. The van der Waals surface area contributed by atoms with Crippen molar-refractivity contribution in [3.8, 4) is 0 Å². The highest BCUT2D eigenvalue weighted by Gasteiger charge is 2.41. The monoisotopic (exact) mass is 308 g/mol. The van der Waals surface area contributed by atoms with Crippen molar-refractivity contribution in [2.75, 3.05) is 13.1 Å². The van der Waals surface area contributed by atoms with E-state index in [0.717, 1.165) is 16.6 Å². The predicted molar refractivity (Wildman–Crippen MR) is 80.2 cm³/mol. The summed E-state index contributed by atoms with van der Waals surface area (Å²) in [6.07, 6.45) is 0.445. The Morgan fingerprint density at radius 2 is 2.33 bits per heavy atom. The highest BCUT2D eigenvalue weighted by Crippen LogP contribution is 2.29. The van der Waals surface area contributed by atoms with Gasteiger partial charge in [-0.25, -0.2) is 0 Å². The number of aliphatic carboxylic acids is 1. The topological polar surface area (TPSA) is 84.4 Å². The Balaban J connectivity index is 1.89. The number of benzene rings is 1. The molecule has 0 amide bonds. The lowest BCUT2D eigenvalue weighted by Crippen LogP contribution is -2.50. The molecule has 1 fully saturated rings. The Morgan fingerprint density at radius 3 is 3.00 bits per heavy atom. The number of nitrogens with zero attached hydrogens (tertiary/aromatic N) is 3. The van der Waals surface area contributed by atoms with Gasteiger partial charge in [0.05, 0.1) is 16.2 Å². The largest absolute Gasteiger partial charge is 0.480 e. The van der Waals surface area contributed by atoms with E-state index < -0.39 is 11.5 Å². The van der Waals surface area contributed by atoms with Gasteiger partial charge in [-0.15, -0.1) is 0 Å². The first kappa shape index (κ1) is 14.3. The van der Waals surface area contributed by atoms with Crippen LogP contribution in [0.2, 0.25) is 5.02 Å². The standard InChI is InChI=1S/C14H17ClN4O2/c1-18-11-4-2-3-9(15)12(11)10(17-18)7-19-6-5-14(16,8-19)13(20)21/h2-4H,5-8,16H2,1H3,(H,20,21). The quantitative estimate of drug-likeness (QED) is 0.890. The number of aromatic nitrogens is 2. The van der Waals surface area contributed by atoms with Gasteiger partial charge in [0.25, 0.3) is 0 Å². The van der Waals surface area contributed by atoms with Crippen LogP contribution >= 0.6 is 11.6 Å². The van der Waals surface area contributed by atoms with E-state index in [1.165, 1.54) is 0 Å². The van der Waals surface area contributed by atoms with Crippen molar-refractivity contribution in [3.63, 3.8) is 0 Å². The lowest BCUT2D eigenvalue weighted by Gasteiger charge is -2.19. The summed E-state index contributed by atoms with van der Waals surface area (Å²) in [6.45, 7) is 1.52. The molecule has 1 aromatic heterocycles. The van der Waals surface area contributed by atoms with Crippen LogP contribution in [0.25, 0.3) is 10.9 Å². The Morgan fingerprint density at radius 1 is 1.57 bits per heavy atom. The molecule has 21 heavy (non-hydrogen) atoms. The smallest absolute Gasteiger partial charge is 0.325 e. The van der Waals surface area contributed by atoms with Crippen molar-refractivity contribution < 1.29 is 9.90 Å². The highest BCUT2D eigenvalue weighted by atomic mass is 35.5. The summed E-state index contributed by atoms with van der Waals surface area (Å²) in [5, 5.41) is 15.3. The van der Waals surface area contributed by atoms with E-state index in [4.69, 9.17) is 17.3 Å². The maximum atomic E-state index is 11.2. The zero-order valence-electron chi connectivity index (χ0n) is 11.7. The Bertz CT molecular complexity index is 714. The molecule has 112 valence electrons. The number of hydrogen-bond donors (Lipinski definition) is 2. The molecule has 1 saturated heterocycles. The number of hydrogen-bond acceptors (Lipinski definition) is 4. The number of carboxylic acid groups (broad SMARTS) is 1. The normalized spacial score (nSPS) is 23.0. The molecule has 0 aliphatic carbocycles. The number of rotatable bonds is 3. The van der Waals surface area contributed by atoms with Gasteiger partial charge < -0.3 is 10.8 Å². The number of halogens is 1. The second kappa shape index (κ2) is 4.98. The van der Waals surface area contributed by atoms with Gasteiger partial charge in [0.2, 0.25) is 0 Å². The molecule has 2 heterocycles. The van der Waals surface area contributed by atoms with E-state index >= 15 is 0 Å². The van der Waals surface area contributed by atoms with Crippen LogP contribution in [0.5, 0.6) is 0 Å². The van der Waals surface area contributed by atoms with Gasteiger partial charge in [-0.05, 0) is 18.6 Å². The lowest BCUT2D eigenvalue weighted by atomic mass is 10.0. The van der Waals surface area contributed by atoms with Gasteiger partial charge in [0.1, 0.15) is 5.54 Å². The average Bonchev–Trinajstić information content (AvgIpc) is 2.94. The van der Waals surface area contributed by atoms with Crippen LogP contribution in [0.15, 0.2) is 18.2 Å². The highest BCUT2D eigenvalue weighted by molar-refractivity contribution is 6.35. The first-order valence-corrected chi connectivity index (χ1v) is 7.13. The van der Waals surface area contributed by atoms with Gasteiger partial charge in [0, 0.05) is 32.1 Å². The number of nitrogens with two attached hydrogens (primary N) is 1. The fourth-order valence-corrected chi connectivity index (χ4v) is 3.18. The summed E-state index contributed by atoms with van der Waals surface area (Å²) >= 11 is 6.28. The zero-order valence-corrected chi connectivity index (χ0v) is 12.5. The maximum Gasteiger partial charge on any atom is 0.325 e. The second-order valence-corrected chi connectivity index (χ2v) is 6.03. The molecule has 0 bridgehead atoms. The summed E-state index contributed by atoms with van der Waals surface area (Å²) in [6, 6.07) is 5.69. The maximum absolute atomic E-state index is 11.2. The molecule has 0 saturated carbocycles. The van der Waals surface area contributed by atoms with Crippen molar-refractivity contribution in [3.05, 3.63) is 28.9 Å². The van der Waals surface area contributed by atoms with Gasteiger partial charge in [0.15, 0.2) is 0 Å². The van der Waals surface area contributed by atoms with Crippen LogP contribution in [0.1, 0.15) is 12.1 Å². The van der Waals surface area contributed by atoms with E-state index in [9.17, 15) is 9.90 Å². The van der Waals surface area contributed by atoms with Gasteiger partial charge in [-0.1, -0.05) is 17.7 Å². The molecule has 1 atom stereocenters. The summed E-state index contributed by atoms with van der Waals surface area (Å²) in [5.41, 5.74) is 6.56. The minimum Gasteiger partial charge on any atom is -0.480 e. The first-order chi connectivity index (χ1) is 9.90. The number of fused-ring (bicyclic) bond motifs is 1. The fraction of sp³-hybridized carbons (Fsp3) is 0.429. The van der Waals surface area contributed by atoms with Crippen molar-refractivity contribution in [1.82, 2.24) is 14.7 Å². The third-order valence-corrected chi connectivity index (χ3v) is 4.39. The van der Waals surface area contributed by atoms with E-state index in [2.05, 4.69) is 5.10 Å². The minimum atomic E-state index is -1.16. The van der Waals surface area contributed by atoms with E-state index in [1.54, 1.807) is 4.68 Å². The molecular formula is C14H17ClN4O2. The molecule has 3 rings (SSSR count). The molecule has 1 aromatic carbocycles. The molecule has 6 nitrogen and oxygen atoms in total. The second-order valence-electron chi connectivity index (χ2n) is 5.63. The third kappa shape index (κ3) is 2.39. The van der Waals surface area contributed by atoms with Crippen LogP contribution in [0.4, 0.5) is 0 Å². The lowest BCUT2D eigenvalue weighted by molar-refractivity contribution is -0.142. The van der Waals surface area contributed by atoms with Crippen LogP contribution in [0, 0.1) is 0 Å². The Hall–Kier alpha value is -1.63. The molecule has 7 heteroatoms. The number of carbonyl (C=O) groups is 1. The molecule has 2 aromatic rings. The van der Waals surface area contributed by atoms with E-state index in [-0.39, 0.29) is 0 Å². The Kier molecular flexibility index (Phi) is 3.39. The van der Waals surface area contributed by atoms with Crippen LogP contribution in [-0.2, 0) is 18.4 Å². The fourth-order valence-electron chi connectivity index (χ4n) is 2.90. The third-order valence-electron chi connectivity index (χ3n) is 4.08. The molecule has 1 unspecified atom stereocenters. The van der Waals surface area contributed by atoms with Crippen molar-refractivity contribution in [2.24, 2.45) is 12.8 Å². The van der Waals surface area contributed by atoms with E-state index in [0.29, 0.717) is 31.1 Å². The van der Waals surface area contributed by atoms with E-state index in [1.807, 2.05) is 30.1 Å². The van der Waals surface area contributed by atoms with Crippen LogP contribution < -0.4 is 5.73 Å². The van der Waals surface area contributed by atoms with Gasteiger partial charge >= 0.3 is 5.97 Å². The Labute approximate surface area is 127 Å². The molecular weight excluding hydrogens is 292 g/mol. The van der Waals surface area contributed by atoms with Crippen molar-refractivity contribution >= 4 is 28.5 Å². The average molecular weight is 309 g/mol. The SMILES string of the molecule is Cn1nc(CN2CCC(N)(C(=O)O)C2)c2c(Cl)cccc21. The summed E-state index contributed by atoms with van der Waals surface area (Å²) in [4.78, 5) is 13.2. The molecule has 0 radical (unpaired) electrons. The predicted octanol–water partition coefficient (Wildman–Crippen LogP) is 1.21.